The minimum atomic E-state index is -0.606. The van der Waals surface area contributed by atoms with Crippen molar-refractivity contribution >= 4 is 39.5 Å². The van der Waals surface area contributed by atoms with E-state index in [2.05, 4.69) is 33.4 Å². The van der Waals surface area contributed by atoms with Gasteiger partial charge in [-0.05, 0) is 53.8 Å². The average molecular weight is 596 g/mol. The normalized spacial score (nSPS) is 14.2. The predicted octanol–water partition coefficient (Wildman–Crippen LogP) is 6.39. The second-order valence-corrected chi connectivity index (χ2v) is 11.6. The SMILES string of the molecule is COc1cccc(CN(C(=O)CSCc2ccc(Br)cc2)[C@@H](Cc2ccccc2)C(=O)NC2CCCC2)c1. The van der Waals surface area contributed by atoms with E-state index in [0.29, 0.717) is 18.7 Å². The molecule has 0 bridgehead atoms. The number of nitrogens with zero attached hydrogens (tertiary/aromatic N) is 1. The Kier molecular flexibility index (Phi) is 10.7. The first-order valence-corrected chi connectivity index (χ1v) is 15.1. The number of carbonyl (C=O) groups is 2. The Labute approximate surface area is 238 Å². The number of benzene rings is 3. The van der Waals surface area contributed by atoms with Crippen LogP contribution in [0.15, 0.2) is 83.3 Å². The summed E-state index contributed by atoms with van der Waals surface area (Å²) < 4.78 is 6.45. The molecule has 5 nitrogen and oxygen atoms in total. The van der Waals surface area contributed by atoms with Crippen LogP contribution in [0.4, 0.5) is 0 Å². The van der Waals surface area contributed by atoms with E-state index in [1.54, 1.807) is 23.8 Å². The van der Waals surface area contributed by atoms with Crippen LogP contribution in [-0.2, 0) is 28.3 Å². The topological polar surface area (TPSA) is 58.6 Å². The van der Waals surface area contributed by atoms with Gasteiger partial charge in [-0.15, -0.1) is 11.8 Å². The molecule has 1 atom stereocenters. The molecule has 1 N–H and O–H groups in total. The van der Waals surface area contributed by atoms with E-state index < -0.39 is 6.04 Å². The zero-order valence-electron chi connectivity index (χ0n) is 21.8. The standard InChI is InChI=1S/C31H35BrN2O3S/c1-37-28-13-7-10-25(18-28)20-34(30(35)22-38-21-24-14-16-26(32)17-15-24)29(19-23-8-3-2-4-9-23)31(36)33-27-11-5-6-12-27/h2-4,7-10,13-18,27,29H,5-6,11-12,19-22H2,1H3,(H,33,36)/t29-/m0/s1. The fourth-order valence-electron chi connectivity index (χ4n) is 4.81. The van der Waals surface area contributed by atoms with E-state index in [1.165, 1.54) is 0 Å². The van der Waals surface area contributed by atoms with Crippen molar-refractivity contribution < 1.29 is 14.3 Å². The highest BCUT2D eigenvalue weighted by Gasteiger charge is 2.32. The van der Waals surface area contributed by atoms with E-state index in [1.807, 2.05) is 66.7 Å². The van der Waals surface area contributed by atoms with Gasteiger partial charge < -0.3 is 15.0 Å². The van der Waals surface area contributed by atoms with Crippen molar-refractivity contribution in [3.63, 3.8) is 0 Å². The van der Waals surface area contributed by atoms with E-state index in [-0.39, 0.29) is 17.9 Å². The molecule has 4 rings (SSSR count). The molecular formula is C31H35BrN2O3S. The number of amides is 2. The van der Waals surface area contributed by atoms with Crippen molar-refractivity contribution in [2.24, 2.45) is 0 Å². The largest absolute Gasteiger partial charge is 0.497 e. The Hall–Kier alpha value is -2.77. The van der Waals surface area contributed by atoms with Gasteiger partial charge in [0.25, 0.3) is 0 Å². The summed E-state index contributed by atoms with van der Waals surface area (Å²) in [6.07, 6.45) is 4.72. The number of nitrogens with one attached hydrogen (secondary N) is 1. The molecule has 3 aromatic rings. The fraction of sp³-hybridized carbons (Fsp3) is 0.355. The summed E-state index contributed by atoms with van der Waals surface area (Å²) in [7, 11) is 1.63. The van der Waals surface area contributed by atoms with Crippen LogP contribution in [0.3, 0.4) is 0 Å². The maximum atomic E-state index is 13.8. The van der Waals surface area contributed by atoms with Crippen molar-refractivity contribution in [2.45, 2.75) is 56.5 Å². The molecular weight excluding hydrogens is 560 g/mol. The molecule has 0 saturated heterocycles. The van der Waals surface area contributed by atoms with Crippen molar-refractivity contribution in [1.82, 2.24) is 10.2 Å². The van der Waals surface area contributed by atoms with Crippen molar-refractivity contribution in [3.8, 4) is 5.75 Å². The average Bonchev–Trinajstić information content (AvgIpc) is 3.45. The lowest BCUT2D eigenvalue weighted by molar-refractivity contribution is -0.139. The van der Waals surface area contributed by atoms with Gasteiger partial charge in [0.05, 0.1) is 12.9 Å². The van der Waals surface area contributed by atoms with Crippen LogP contribution in [0, 0.1) is 0 Å². The quantitative estimate of drug-likeness (QED) is 0.264. The lowest BCUT2D eigenvalue weighted by Crippen LogP contribution is -2.52. The van der Waals surface area contributed by atoms with Crippen LogP contribution >= 0.6 is 27.7 Å². The van der Waals surface area contributed by atoms with Gasteiger partial charge in [-0.2, -0.15) is 0 Å². The number of hydrogen-bond acceptors (Lipinski definition) is 4. The monoisotopic (exact) mass is 594 g/mol. The van der Waals surface area contributed by atoms with Gasteiger partial charge in [0.2, 0.25) is 11.8 Å². The van der Waals surface area contributed by atoms with Crippen LogP contribution in [0.25, 0.3) is 0 Å². The minimum absolute atomic E-state index is 0.0440. The third-order valence-corrected chi connectivity index (χ3v) is 8.38. The van der Waals surface area contributed by atoms with Gasteiger partial charge >= 0.3 is 0 Å². The molecule has 0 unspecified atom stereocenters. The molecule has 7 heteroatoms. The summed E-state index contributed by atoms with van der Waals surface area (Å²) in [6.45, 7) is 0.338. The summed E-state index contributed by atoms with van der Waals surface area (Å²) in [6, 6.07) is 25.4. The third-order valence-electron chi connectivity index (χ3n) is 6.87. The van der Waals surface area contributed by atoms with Gasteiger partial charge in [-0.25, -0.2) is 0 Å². The highest BCUT2D eigenvalue weighted by molar-refractivity contribution is 9.10. The van der Waals surface area contributed by atoms with Crippen molar-refractivity contribution in [2.75, 3.05) is 12.9 Å². The number of hydrogen-bond donors (Lipinski definition) is 1. The molecule has 1 aliphatic carbocycles. The molecule has 3 aromatic carbocycles. The first-order valence-electron chi connectivity index (χ1n) is 13.1. The van der Waals surface area contributed by atoms with Gasteiger partial charge in [0, 0.05) is 29.2 Å². The molecule has 1 fully saturated rings. The fourth-order valence-corrected chi connectivity index (χ4v) is 5.94. The molecule has 200 valence electrons. The smallest absolute Gasteiger partial charge is 0.243 e. The summed E-state index contributed by atoms with van der Waals surface area (Å²) >= 11 is 5.04. The van der Waals surface area contributed by atoms with Gasteiger partial charge in [0.15, 0.2) is 0 Å². The Morgan fingerprint density at radius 3 is 2.39 bits per heavy atom. The first-order chi connectivity index (χ1) is 18.5. The Morgan fingerprint density at radius 2 is 1.68 bits per heavy atom. The Bertz CT molecular complexity index is 1180. The number of ether oxygens (including phenoxy) is 1. The van der Waals surface area contributed by atoms with E-state index >= 15 is 0 Å². The van der Waals surface area contributed by atoms with Crippen molar-refractivity contribution in [1.29, 1.82) is 0 Å². The lowest BCUT2D eigenvalue weighted by Gasteiger charge is -2.32. The molecule has 0 spiro atoms. The maximum absolute atomic E-state index is 13.8. The first kappa shape index (κ1) is 28.2. The number of methoxy groups -OCH3 is 1. The molecule has 38 heavy (non-hydrogen) atoms. The summed E-state index contributed by atoms with van der Waals surface area (Å²) in [4.78, 5) is 29.3. The van der Waals surface area contributed by atoms with Crippen LogP contribution in [0.2, 0.25) is 0 Å². The van der Waals surface area contributed by atoms with Gasteiger partial charge in [0.1, 0.15) is 11.8 Å². The molecule has 0 aliphatic heterocycles. The molecule has 2 amide bonds. The molecule has 0 radical (unpaired) electrons. The summed E-state index contributed by atoms with van der Waals surface area (Å²) in [5.41, 5.74) is 3.12. The van der Waals surface area contributed by atoms with E-state index in [0.717, 1.165) is 58.3 Å². The Balaban J connectivity index is 1.57. The molecule has 1 saturated carbocycles. The van der Waals surface area contributed by atoms with Gasteiger partial charge in [-0.1, -0.05) is 83.4 Å². The highest BCUT2D eigenvalue weighted by atomic mass is 79.9. The number of thioether (sulfide) groups is 1. The van der Waals surface area contributed by atoms with E-state index in [4.69, 9.17) is 4.74 Å². The maximum Gasteiger partial charge on any atom is 0.243 e. The second-order valence-electron chi connectivity index (χ2n) is 9.69. The molecule has 0 aromatic heterocycles. The summed E-state index contributed by atoms with van der Waals surface area (Å²) in [5, 5.41) is 3.26. The van der Waals surface area contributed by atoms with Crippen LogP contribution in [0.5, 0.6) is 5.75 Å². The predicted molar refractivity (Wildman–Crippen MR) is 158 cm³/mol. The highest BCUT2D eigenvalue weighted by Crippen LogP contribution is 2.23. The van der Waals surface area contributed by atoms with Crippen molar-refractivity contribution in [3.05, 3.63) is 100 Å². The number of rotatable bonds is 12. The lowest BCUT2D eigenvalue weighted by atomic mass is 10.0. The van der Waals surface area contributed by atoms with Gasteiger partial charge in [-0.3, -0.25) is 9.59 Å². The minimum Gasteiger partial charge on any atom is -0.497 e. The van der Waals surface area contributed by atoms with Crippen LogP contribution in [-0.4, -0.2) is 41.7 Å². The molecule has 1 aliphatic rings. The third kappa shape index (κ3) is 8.37. The van der Waals surface area contributed by atoms with Crippen LogP contribution < -0.4 is 10.1 Å². The Morgan fingerprint density at radius 1 is 0.974 bits per heavy atom. The molecule has 0 heterocycles. The van der Waals surface area contributed by atoms with E-state index in [9.17, 15) is 9.59 Å². The van der Waals surface area contributed by atoms with Crippen LogP contribution in [0.1, 0.15) is 42.4 Å². The zero-order valence-corrected chi connectivity index (χ0v) is 24.2. The second kappa shape index (κ2) is 14.4. The number of halogens is 1. The number of carbonyl (C=O) groups excluding carboxylic acids is 2. The summed E-state index contributed by atoms with van der Waals surface area (Å²) in [5.74, 6) is 1.63. The zero-order chi connectivity index (χ0) is 26.7.